The van der Waals surface area contributed by atoms with E-state index < -0.39 is 5.97 Å². The number of halogens is 1. The Morgan fingerprint density at radius 2 is 1.83 bits per heavy atom. The Hall–Kier alpha value is -4.36. The third-order valence-corrected chi connectivity index (χ3v) is 6.04. The second-order valence-corrected chi connectivity index (χ2v) is 8.58. The summed E-state index contributed by atoms with van der Waals surface area (Å²) in [6.45, 7) is 1.61. The number of fused-ring (bicyclic) bond motifs is 2. The summed E-state index contributed by atoms with van der Waals surface area (Å²) in [6.07, 6.45) is 3.34. The Bertz CT molecular complexity index is 1630. The van der Waals surface area contributed by atoms with E-state index in [1.165, 1.54) is 7.11 Å². The highest BCUT2D eigenvalue weighted by Crippen LogP contribution is 2.31. The van der Waals surface area contributed by atoms with Crippen molar-refractivity contribution in [1.29, 1.82) is 0 Å². The molecular formula is C28H21ClN2O5. The molecule has 0 aliphatic carbocycles. The highest BCUT2D eigenvalue weighted by Gasteiger charge is 2.18. The zero-order chi connectivity index (χ0) is 25.2. The van der Waals surface area contributed by atoms with Crippen molar-refractivity contribution < 1.29 is 23.8 Å². The molecule has 0 fully saturated rings. The minimum Gasteiger partial charge on any atom is -0.485 e. The maximum absolute atomic E-state index is 13.1. The van der Waals surface area contributed by atoms with E-state index in [0.29, 0.717) is 22.1 Å². The number of hydrogen-bond acceptors (Lipinski definition) is 6. The number of nitrogens with one attached hydrogen (secondary N) is 1. The highest BCUT2D eigenvalue weighted by molar-refractivity contribution is 6.31. The van der Waals surface area contributed by atoms with Gasteiger partial charge in [0.25, 0.3) is 0 Å². The van der Waals surface area contributed by atoms with E-state index in [4.69, 9.17) is 25.8 Å². The van der Waals surface area contributed by atoms with Gasteiger partial charge >= 0.3 is 5.97 Å². The van der Waals surface area contributed by atoms with Gasteiger partial charge in [-0.1, -0.05) is 17.7 Å². The molecule has 0 amide bonds. The van der Waals surface area contributed by atoms with Gasteiger partial charge in [0.05, 0.1) is 12.8 Å². The molecule has 0 bridgehead atoms. The van der Waals surface area contributed by atoms with Crippen LogP contribution in [0.5, 0.6) is 17.2 Å². The minimum absolute atomic E-state index is 0.214. The van der Waals surface area contributed by atoms with Gasteiger partial charge in [0.2, 0.25) is 5.78 Å². The Labute approximate surface area is 211 Å². The molecule has 0 saturated heterocycles. The molecule has 3 aromatic carbocycles. The molecule has 2 heterocycles. The van der Waals surface area contributed by atoms with Crippen LogP contribution in [-0.4, -0.2) is 35.4 Å². The number of H-pyrrole nitrogens is 1. The number of ether oxygens (including phenoxy) is 3. The molecule has 36 heavy (non-hydrogen) atoms. The fourth-order valence-electron chi connectivity index (χ4n) is 3.96. The van der Waals surface area contributed by atoms with Crippen LogP contribution in [0.3, 0.4) is 0 Å². The Morgan fingerprint density at radius 3 is 2.64 bits per heavy atom. The predicted molar refractivity (Wildman–Crippen MR) is 137 cm³/mol. The van der Waals surface area contributed by atoms with Crippen LogP contribution in [0.4, 0.5) is 0 Å². The number of aryl methyl sites for hydroxylation is 1. The average Bonchev–Trinajstić information content (AvgIpc) is 3.31. The van der Waals surface area contributed by atoms with Crippen molar-refractivity contribution in [3.8, 4) is 17.2 Å². The highest BCUT2D eigenvalue weighted by atomic mass is 35.5. The number of carbonyl (C=O) groups is 2. The van der Waals surface area contributed by atoms with E-state index in [2.05, 4.69) is 9.97 Å². The first kappa shape index (κ1) is 23.4. The number of hydrogen-bond donors (Lipinski definition) is 1. The van der Waals surface area contributed by atoms with Crippen molar-refractivity contribution >= 4 is 45.0 Å². The van der Waals surface area contributed by atoms with Crippen LogP contribution >= 0.6 is 11.6 Å². The zero-order valence-electron chi connectivity index (χ0n) is 19.5. The van der Waals surface area contributed by atoms with E-state index in [-0.39, 0.29) is 23.7 Å². The first-order valence-corrected chi connectivity index (χ1v) is 11.5. The number of methoxy groups -OCH3 is 1. The van der Waals surface area contributed by atoms with E-state index in [1.54, 1.807) is 42.7 Å². The lowest BCUT2D eigenvalue weighted by molar-refractivity contribution is 0.0594. The second-order valence-electron chi connectivity index (χ2n) is 8.14. The number of pyridine rings is 1. The molecular weight excluding hydrogens is 480 g/mol. The Morgan fingerprint density at radius 1 is 0.972 bits per heavy atom. The summed E-state index contributed by atoms with van der Waals surface area (Å²) in [5, 5.41) is 2.86. The van der Waals surface area contributed by atoms with Crippen LogP contribution < -0.4 is 9.47 Å². The van der Waals surface area contributed by atoms with Gasteiger partial charge in [-0.3, -0.25) is 9.78 Å². The van der Waals surface area contributed by atoms with Crippen LogP contribution in [0.15, 0.2) is 73.1 Å². The molecule has 0 unspecified atom stereocenters. The van der Waals surface area contributed by atoms with E-state index in [0.717, 1.165) is 27.4 Å². The molecule has 1 N–H and O–H groups in total. The molecule has 0 saturated carbocycles. The molecule has 0 atom stereocenters. The monoisotopic (exact) mass is 500 g/mol. The molecule has 5 aromatic rings. The second kappa shape index (κ2) is 9.71. The largest absolute Gasteiger partial charge is 0.485 e. The third kappa shape index (κ3) is 4.61. The summed E-state index contributed by atoms with van der Waals surface area (Å²) in [5.74, 6) is 0.724. The minimum atomic E-state index is -0.567. The topological polar surface area (TPSA) is 90.5 Å². The number of benzene rings is 3. The summed E-state index contributed by atoms with van der Waals surface area (Å²) in [5.41, 5.74) is 2.21. The first-order chi connectivity index (χ1) is 17.4. The van der Waals surface area contributed by atoms with Crippen molar-refractivity contribution in [2.75, 3.05) is 13.7 Å². The number of aromatic amines is 1. The SMILES string of the molecule is COC(=O)c1cc2cc(Cl)ccc2cc1OCC(=O)c1c[nH]c2cc(Oc3cccnc3C)ccc12. The van der Waals surface area contributed by atoms with Crippen LogP contribution in [0.1, 0.15) is 26.4 Å². The smallest absolute Gasteiger partial charge is 0.341 e. The van der Waals surface area contributed by atoms with Crippen molar-refractivity contribution in [3.05, 3.63) is 94.9 Å². The lowest BCUT2D eigenvalue weighted by Gasteiger charge is -2.12. The molecule has 0 aliphatic rings. The molecule has 7 nitrogen and oxygen atoms in total. The van der Waals surface area contributed by atoms with E-state index in [9.17, 15) is 9.59 Å². The molecule has 180 valence electrons. The van der Waals surface area contributed by atoms with Crippen molar-refractivity contribution in [2.24, 2.45) is 0 Å². The Kier molecular flexibility index (Phi) is 6.31. The maximum Gasteiger partial charge on any atom is 0.341 e. The van der Waals surface area contributed by atoms with Crippen molar-refractivity contribution in [3.63, 3.8) is 0 Å². The molecule has 2 aromatic heterocycles. The first-order valence-electron chi connectivity index (χ1n) is 11.1. The van der Waals surface area contributed by atoms with Crippen LogP contribution in [-0.2, 0) is 4.74 Å². The summed E-state index contributed by atoms with van der Waals surface area (Å²) in [4.78, 5) is 32.8. The van der Waals surface area contributed by atoms with E-state index >= 15 is 0 Å². The number of esters is 1. The fraction of sp³-hybridized carbons (Fsp3) is 0.107. The van der Waals surface area contributed by atoms with Crippen molar-refractivity contribution in [1.82, 2.24) is 9.97 Å². The van der Waals surface area contributed by atoms with Crippen molar-refractivity contribution in [2.45, 2.75) is 6.92 Å². The number of carbonyl (C=O) groups excluding carboxylic acids is 2. The van der Waals surface area contributed by atoms with Gasteiger partial charge in [-0.05, 0) is 66.2 Å². The number of Topliss-reactive ketones (excluding diaryl/α,β-unsaturated/α-hetero) is 1. The number of ketones is 1. The van der Waals surface area contributed by atoms with Crippen LogP contribution in [0.25, 0.3) is 21.7 Å². The lowest BCUT2D eigenvalue weighted by Crippen LogP contribution is -2.13. The lowest BCUT2D eigenvalue weighted by atomic mass is 10.1. The van der Waals surface area contributed by atoms with Gasteiger partial charge in [0.15, 0.2) is 6.61 Å². The molecule has 0 radical (unpaired) electrons. The maximum atomic E-state index is 13.1. The zero-order valence-corrected chi connectivity index (χ0v) is 20.3. The molecule has 0 aliphatic heterocycles. The van der Waals surface area contributed by atoms with Gasteiger partial charge in [-0.15, -0.1) is 0 Å². The predicted octanol–water partition coefficient (Wildman–Crippen LogP) is 6.52. The quantitative estimate of drug-likeness (QED) is 0.202. The van der Waals surface area contributed by atoms with Gasteiger partial charge in [0, 0.05) is 39.9 Å². The normalized spacial score (nSPS) is 11.0. The molecule has 8 heteroatoms. The van der Waals surface area contributed by atoms with Gasteiger partial charge in [-0.25, -0.2) is 4.79 Å². The van der Waals surface area contributed by atoms with Crippen LogP contribution in [0.2, 0.25) is 5.02 Å². The van der Waals surface area contributed by atoms with E-state index in [1.807, 2.05) is 37.3 Å². The number of aromatic nitrogens is 2. The Balaban J connectivity index is 1.37. The summed E-state index contributed by atoms with van der Waals surface area (Å²) < 4.78 is 16.7. The van der Waals surface area contributed by atoms with Gasteiger partial charge in [0.1, 0.15) is 22.8 Å². The van der Waals surface area contributed by atoms with Crippen LogP contribution in [0, 0.1) is 6.92 Å². The third-order valence-electron chi connectivity index (χ3n) is 5.80. The van der Waals surface area contributed by atoms with Gasteiger partial charge < -0.3 is 19.2 Å². The number of nitrogens with zero attached hydrogens (tertiary/aromatic N) is 1. The van der Waals surface area contributed by atoms with Gasteiger partial charge in [-0.2, -0.15) is 0 Å². The number of rotatable bonds is 7. The average molecular weight is 501 g/mol. The molecule has 0 spiro atoms. The fourth-order valence-corrected chi connectivity index (χ4v) is 4.14. The standard InChI is InChI=1S/C28H21ClN2O5/c1-16-26(4-3-9-30-16)36-20-7-8-21-23(14-31-24(21)13-20)25(32)15-35-27-12-17-5-6-19(29)10-18(17)11-22(27)28(33)34-2/h3-14,31H,15H2,1-2H3. The summed E-state index contributed by atoms with van der Waals surface area (Å²) in [7, 11) is 1.29. The molecule has 5 rings (SSSR count). The summed E-state index contributed by atoms with van der Waals surface area (Å²) in [6, 6.07) is 17.7. The summed E-state index contributed by atoms with van der Waals surface area (Å²) >= 11 is 6.08.